The Morgan fingerprint density at radius 3 is 2.56 bits per heavy atom. The molecule has 0 aliphatic carbocycles. The Morgan fingerprint density at radius 2 is 1.80 bits per heavy atom. The molecule has 0 unspecified atom stereocenters. The fraction of sp³-hybridized carbons (Fsp3) is 0.250. The molecule has 0 radical (unpaired) electrons. The van der Waals surface area contributed by atoms with Gasteiger partial charge in [-0.05, 0) is 19.1 Å². The molecular formula is C20H20N2O2S. The first-order valence-corrected chi connectivity index (χ1v) is 9.14. The van der Waals surface area contributed by atoms with Crippen molar-refractivity contribution in [2.75, 3.05) is 6.54 Å². The van der Waals surface area contributed by atoms with Crippen molar-refractivity contribution < 1.29 is 9.59 Å². The van der Waals surface area contributed by atoms with Crippen molar-refractivity contribution >= 4 is 33.2 Å². The minimum Gasteiger partial charge on any atom is -0.356 e. The van der Waals surface area contributed by atoms with E-state index in [1.165, 1.54) is 0 Å². The lowest BCUT2D eigenvalue weighted by Gasteiger charge is -2.04. The number of carbonyl (C=O) groups excluding carboxylic acids is 2. The van der Waals surface area contributed by atoms with Crippen molar-refractivity contribution in [3.8, 4) is 0 Å². The van der Waals surface area contributed by atoms with E-state index in [4.69, 9.17) is 0 Å². The number of aryl methyl sites for hydroxylation is 1. The average molecular weight is 352 g/mol. The highest BCUT2D eigenvalue weighted by Gasteiger charge is 2.09. The summed E-state index contributed by atoms with van der Waals surface area (Å²) in [5.41, 5.74) is 2.77. The van der Waals surface area contributed by atoms with Crippen LogP contribution >= 0.6 is 11.3 Å². The van der Waals surface area contributed by atoms with Gasteiger partial charge in [-0.25, -0.2) is 4.98 Å². The normalized spacial score (nSPS) is 10.8. The van der Waals surface area contributed by atoms with Gasteiger partial charge >= 0.3 is 0 Å². The van der Waals surface area contributed by atoms with Crippen LogP contribution in [0.5, 0.6) is 0 Å². The van der Waals surface area contributed by atoms with Gasteiger partial charge in [-0.15, -0.1) is 11.3 Å². The molecule has 0 bridgehead atoms. The van der Waals surface area contributed by atoms with Crippen LogP contribution in [0.2, 0.25) is 0 Å². The average Bonchev–Trinajstić information content (AvgIpc) is 3.03. The molecule has 3 rings (SSSR count). The number of carbonyl (C=O) groups is 2. The lowest BCUT2D eigenvalue weighted by Crippen LogP contribution is -2.26. The maximum atomic E-state index is 12.1. The van der Waals surface area contributed by atoms with E-state index in [1.807, 2.05) is 55.5 Å². The van der Waals surface area contributed by atoms with Crippen LogP contribution in [0.15, 0.2) is 48.5 Å². The molecule has 1 aromatic heterocycles. The second kappa shape index (κ2) is 8.03. The van der Waals surface area contributed by atoms with E-state index < -0.39 is 0 Å². The minimum absolute atomic E-state index is 0.00123. The molecule has 128 valence electrons. The van der Waals surface area contributed by atoms with Crippen molar-refractivity contribution in [1.82, 2.24) is 10.3 Å². The lowest BCUT2D eigenvalue weighted by atomic mass is 10.1. The smallest absolute Gasteiger partial charge is 0.220 e. The van der Waals surface area contributed by atoms with Crippen LogP contribution < -0.4 is 5.32 Å². The number of para-hydroxylation sites is 1. The maximum absolute atomic E-state index is 12.1. The molecule has 0 atom stereocenters. The topological polar surface area (TPSA) is 59.1 Å². The Morgan fingerprint density at radius 1 is 1.04 bits per heavy atom. The van der Waals surface area contributed by atoms with Crippen LogP contribution in [0.3, 0.4) is 0 Å². The zero-order valence-electron chi connectivity index (χ0n) is 14.1. The van der Waals surface area contributed by atoms with Gasteiger partial charge in [0, 0.05) is 31.4 Å². The zero-order valence-corrected chi connectivity index (χ0v) is 14.9. The van der Waals surface area contributed by atoms with Crippen LogP contribution in [0.1, 0.15) is 33.8 Å². The van der Waals surface area contributed by atoms with Gasteiger partial charge < -0.3 is 5.32 Å². The lowest BCUT2D eigenvalue weighted by molar-refractivity contribution is -0.121. The summed E-state index contributed by atoms with van der Waals surface area (Å²) >= 11 is 1.65. The van der Waals surface area contributed by atoms with Crippen LogP contribution in [0, 0.1) is 6.92 Å². The Kier molecular flexibility index (Phi) is 5.56. The summed E-state index contributed by atoms with van der Waals surface area (Å²) < 4.78 is 1.16. The molecular weight excluding hydrogens is 332 g/mol. The molecule has 0 saturated heterocycles. The van der Waals surface area contributed by atoms with Crippen LogP contribution in [0.25, 0.3) is 10.2 Å². The highest BCUT2D eigenvalue weighted by atomic mass is 32.1. The van der Waals surface area contributed by atoms with E-state index in [9.17, 15) is 9.59 Å². The number of ketones is 1. The number of thiazole rings is 1. The number of hydrogen-bond donors (Lipinski definition) is 1. The zero-order chi connectivity index (χ0) is 17.6. The first kappa shape index (κ1) is 17.3. The SMILES string of the molecule is Cc1ccc(C(=O)CCC(=O)NCCc2nc3ccccc3s2)cc1. The number of hydrogen-bond acceptors (Lipinski definition) is 4. The van der Waals surface area contributed by atoms with Crippen molar-refractivity contribution in [3.63, 3.8) is 0 Å². The molecule has 4 nitrogen and oxygen atoms in total. The van der Waals surface area contributed by atoms with Gasteiger partial charge in [-0.3, -0.25) is 9.59 Å². The third-order valence-corrected chi connectivity index (χ3v) is 5.05. The van der Waals surface area contributed by atoms with E-state index in [2.05, 4.69) is 10.3 Å². The fourth-order valence-electron chi connectivity index (χ4n) is 2.53. The summed E-state index contributed by atoms with van der Waals surface area (Å²) in [6.45, 7) is 2.52. The number of nitrogens with zero attached hydrogens (tertiary/aromatic N) is 1. The van der Waals surface area contributed by atoms with Crippen molar-refractivity contribution in [1.29, 1.82) is 0 Å². The van der Waals surface area contributed by atoms with Gasteiger partial charge in [0.05, 0.1) is 15.2 Å². The molecule has 0 aliphatic rings. The molecule has 1 heterocycles. The van der Waals surface area contributed by atoms with Crippen LogP contribution in [0.4, 0.5) is 0 Å². The van der Waals surface area contributed by atoms with E-state index in [0.717, 1.165) is 20.8 Å². The third kappa shape index (κ3) is 4.73. The molecule has 5 heteroatoms. The van der Waals surface area contributed by atoms with Gasteiger partial charge in [-0.1, -0.05) is 42.0 Å². The predicted molar refractivity (Wildman–Crippen MR) is 101 cm³/mol. The summed E-state index contributed by atoms with van der Waals surface area (Å²) in [5, 5.41) is 3.88. The third-order valence-electron chi connectivity index (χ3n) is 3.95. The highest BCUT2D eigenvalue weighted by Crippen LogP contribution is 2.21. The van der Waals surface area contributed by atoms with Gasteiger partial charge in [0.1, 0.15) is 0 Å². The van der Waals surface area contributed by atoms with Crippen molar-refractivity contribution in [2.45, 2.75) is 26.2 Å². The number of nitrogens with one attached hydrogen (secondary N) is 1. The van der Waals surface area contributed by atoms with Gasteiger partial charge in [0.25, 0.3) is 0 Å². The van der Waals surface area contributed by atoms with Crippen LogP contribution in [-0.4, -0.2) is 23.2 Å². The Bertz CT molecular complexity index is 851. The number of Topliss-reactive ketones (excluding diaryl/α,β-unsaturated/α-hetero) is 1. The fourth-order valence-corrected chi connectivity index (χ4v) is 3.50. The molecule has 0 saturated carbocycles. The molecule has 0 fully saturated rings. The second-order valence-electron chi connectivity index (χ2n) is 5.96. The number of rotatable bonds is 7. The molecule has 0 aliphatic heterocycles. The van der Waals surface area contributed by atoms with E-state index in [-0.39, 0.29) is 24.5 Å². The van der Waals surface area contributed by atoms with Gasteiger partial charge in [0.2, 0.25) is 5.91 Å². The number of amides is 1. The van der Waals surface area contributed by atoms with E-state index in [1.54, 1.807) is 11.3 Å². The summed E-state index contributed by atoms with van der Waals surface area (Å²) in [5.74, 6) is -0.0945. The summed E-state index contributed by atoms with van der Waals surface area (Å²) in [6.07, 6.45) is 1.15. The minimum atomic E-state index is -0.0958. The molecule has 2 aromatic carbocycles. The van der Waals surface area contributed by atoms with Crippen molar-refractivity contribution in [2.24, 2.45) is 0 Å². The molecule has 3 aromatic rings. The standard InChI is InChI=1S/C20H20N2O2S/c1-14-6-8-15(9-7-14)17(23)10-11-19(24)21-13-12-20-22-16-4-2-3-5-18(16)25-20/h2-9H,10-13H2,1H3,(H,21,24). The molecule has 1 N–H and O–H groups in total. The summed E-state index contributed by atoms with van der Waals surface area (Å²) in [4.78, 5) is 28.5. The maximum Gasteiger partial charge on any atom is 0.220 e. The first-order chi connectivity index (χ1) is 12.1. The van der Waals surface area contributed by atoms with Gasteiger partial charge in [0.15, 0.2) is 5.78 Å². The molecule has 0 spiro atoms. The van der Waals surface area contributed by atoms with Crippen LogP contribution in [-0.2, 0) is 11.2 Å². The summed E-state index contributed by atoms with van der Waals surface area (Å²) in [7, 11) is 0. The number of benzene rings is 2. The second-order valence-corrected chi connectivity index (χ2v) is 7.08. The van der Waals surface area contributed by atoms with Crippen molar-refractivity contribution in [3.05, 3.63) is 64.7 Å². The molecule has 25 heavy (non-hydrogen) atoms. The quantitative estimate of drug-likeness (QED) is 0.656. The van der Waals surface area contributed by atoms with E-state index in [0.29, 0.717) is 18.5 Å². The molecule has 1 amide bonds. The number of aromatic nitrogens is 1. The Hall–Kier alpha value is -2.53. The number of fused-ring (bicyclic) bond motifs is 1. The summed E-state index contributed by atoms with van der Waals surface area (Å²) in [6, 6.07) is 15.4. The van der Waals surface area contributed by atoms with E-state index >= 15 is 0 Å². The monoisotopic (exact) mass is 352 g/mol. The predicted octanol–water partition coefficient (Wildman–Crippen LogP) is 3.93. The van der Waals surface area contributed by atoms with Gasteiger partial charge in [-0.2, -0.15) is 0 Å². The highest BCUT2D eigenvalue weighted by molar-refractivity contribution is 7.18. The Labute approximate surface area is 150 Å². The Balaban J connectivity index is 1.42. The first-order valence-electron chi connectivity index (χ1n) is 8.33. The largest absolute Gasteiger partial charge is 0.356 e.